The number of rotatable bonds is 1. The van der Waals surface area contributed by atoms with E-state index in [0.717, 1.165) is 25.1 Å². The first-order chi connectivity index (χ1) is 5.77. The van der Waals surface area contributed by atoms with E-state index in [-0.39, 0.29) is 0 Å². The van der Waals surface area contributed by atoms with Crippen molar-refractivity contribution >= 4 is 16.8 Å². The molecule has 3 nitrogen and oxygen atoms in total. The number of carbonyl (C=O) groups is 1. The van der Waals surface area contributed by atoms with Gasteiger partial charge in [-0.25, -0.2) is 0 Å². The molecule has 64 valence electrons. The lowest BCUT2D eigenvalue weighted by Gasteiger charge is -2.11. The first-order valence-electron chi connectivity index (χ1n) is 4.04. The molecular formula is C8H9ClN2O. The lowest BCUT2D eigenvalue weighted by Crippen LogP contribution is -2.10. The van der Waals surface area contributed by atoms with E-state index in [1.807, 2.05) is 4.68 Å². The molecule has 0 fully saturated rings. The lowest BCUT2D eigenvalue weighted by atomic mass is 10.1. The number of hydrogen-bond donors (Lipinski definition) is 0. The summed E-state index contributed by atoms with van der Waals surface area (Å²) in [5.41, 5.74) is 1.51. The zero-order chi connectivity index (χ0) is 8.55. The van der Waals surface area contributed by atoms with Crippen LogP contribution < -0.4 is 0 Å². The smallest absolute Gasteiger partial charge is 0.272 e. The Hall–Kier alpha value is -0.830. The van der Waals surface area contributed by atoms with Crippen molar-refractivity contribution < 1.29 is 4.79 Å². The summed E-state index contributed by atoms with van der Waals surface area (Å²) in [5, 5.41) is 3.62. The van der Waals surface area contributed by atoms with Gasteiger partial charge in [0.15, 0.2) is 0 Å². The van der Waals surface area contributed by atoms with Crippen LogP contribution in [0.5, 0.6) is 0 Å². The van der Waals surface area contributed by atoms with Crippen LogP contribution in [0.25, 0.3) is 0 Å². The summed E-state index contributed by atoms with van der Waals surface area (Å²) in [4.78, 5) is 10.8. The van der Waals surface area contributed by atoms with Crippen molar-refractivity contribution in [1.82, 2.24) is 9.78 Å². The minimum Gasteiger partial charge on any atom is -0.274 e. The van der Waals surface area contributed by atoms with Crippen LogP contribution in [-0.4, -0.2) is 15.0 Å². The average Bonchev–Trinajstić information content (AvgIpc) is 2.46. The summed E-state index contributed by atoms with van der Waals surface area (Å²) < 4.78 is 1.87. The second kappa shape index (κ2) is 2.90. The zero-order valence-electron chi connectivity index (χ0n) is 6.59. The van der Waals surface area contributed by atoms with Crippen LogP contribution in [-0.2, 0) is 13.0 Å². The highest BCUT2D eigenvalue weighted by Gasteiger charge is 2.14. The molecule has 1 aromatic rings. The molecule has 0 aliphatic carbocycles. The Morgan fingerprint density at radius 3 is 3.08 bits per heavy atom. The Morgan fingerprint density at radius 2 is 2.42 bits per heavy atom. The Labute approximate surface area is 75.3 Å². The lowest BCUT2D eigenvalue weighted by molar-refractivity contribution is 0.107. The van der Waals surface area contributed by atoms with E-state index >= 15 is 0 Å². The Kier molecular flexibility index (Phi) is 1.89. The number of halogens is 1. The highest BCUT2D eigenvalue weighted by Crippen LogP contribution is 2.15. The zero-order valence-corrected chi connectivity index (χ0v) is 7.34. The van der Waals surface area contributed by atoms with E-state index in [4.69, 9.17) is 11.6 Å². The molecule has 0 radical (unpaired) electrons. The largest absolute Gasteiger partial charge is 0.274 e. The molecule has 12 heavy (non-hydrogen) atoms. The summed E-state index contributed by atoms with van der Waals surface area (Å²) in [6, 6.07) is 1.79. The second-order valence-corrected chi connectivity index (χ2v) is 3.32. The van der Waals surface area contributed by atoms with E-state index in [9.17, 15) is 4.79 Å². The maximum Gasteiger partial charge on any atom is 0.272 e. The van der Waals surface area contributed by atoms with Crippen LogP contribution >= 0.6 is 11.6 Å². The SMILES string of the molecule is O=C(Cl)c1cc2n(n1)CCCC2. The molecule has 2 heterocycles. The molecule has 0 saturated heterocycles. The van der Waals surface area contributed by atoms with Gasteiger partial charge in [0.1, 0.15) is 5.69 Å². The molecular weight excluding hydrogens is 176 g/mol. The van der Waals surface area contributed by atoms with Crippen molar-refractivity contribution in [3.63, 3.8) is 0 Å². The van der Waals surface area contributed by atoms with Gasteiger partial charge in [-0.15, -0.1) is 0 Å². The van der Waals surface area contributed by atoms with Crippen LogP contribution in [0.4, 0.5) is 0 Å². The molecule has 0 unspecified atom stereocenters. The van der Waals surface area contributed by atoms with Gasteiger partial charge in [0.2, 0.25) is 0 Å². The third-order valence-electron chi connectivity index (χ3n) is 2.12. The highest BCUT2D eigenvalue weighted by atomic mass is 35.5. The standard InChI is InChI=1S/C8H9ClN2O/c9-8(12)7-5-6-3-1-2-4-11(6)10-7/h5H,1-4H2. The molecule has 0 N–H and O–H groups in total. The van der Waals surface area contributed by atoms with E-state index in [1.165, 1.54) is 6.42 Å². The van der Waals surface area contributed by atoms with E-state index in [0.29, 0.717) is 5.69 Å². The monoisotopic (exact) mass is 184 g/mol. The summed E-state index contributed by atoms with van der Waals surface area (Å²) in [5.74, 6) is 0. The normalized spacial score (nSPS) is 15.8. The molecule has 0 bridgehead atoms. The fourth-order valence-electron chi connectivity index (χ4n) is 1.51. The molecule has 0 spiro atoms. The quantitative estimate of drug-likeness (QED) is 0.622. The van der Waals surface area contributed by atoms with Crippen molar-refractivity contribution in [2.45, 2.75) is 25.8 Å². The molecule has 1 aromatic heterocycles. The Balaban J connectivity index is 2.38. The maximum absolute atomic E-state index is 10.8. The second-order valence-electron chi connectivity index (χ2n) is 2.97. The fourth-order valence-corrected chi connectivity index (χ4v) is 1.61. The first-order valence-corrected chi connectivity index (χ1v) is 4.42. The van der Waals surface area contributed by atoms with Crippen molar-refractivity contribution in [2.75, 3.05) is 0 Å². The van der Waals surface area contributed by atoms with Crippen molar-refractivity contribution in [2.24, 2.45) is 0 Å². The van der Waals surface area contributed by atoms with Crippen LogP contribution in [0.2, 0.25) is 0 Å². The maximum atomic E-state index is 10.8. The van der Waals surface area contributed by atoms with Crippen LogP contribution in [0.3, 0.4) is 0 Å². The third-order valence-corrected chi connectivity index (χ3v) is 2.31. The first kappa shape index (κ1) is 7.80. The van der Waals surface area contributed by atoms with Gasteiger partial charge in [0, 0.05) is 12.2 Å². The Morgan fingerprint density at radius 1 is 1.58 bits per heavy atom. The van der Waals surface area contributed by atoms with Gasteiger partial charge in [0.05, 0.1) is 0 Å². The number of aromatic nitrogens is 2. The molecule has 0 atom stereocenters. The van der Waals surface area contributed by atoms with Crippen molar-refractivity contribution in [3.8, 4) is 0 Å². The van der Waals surface area contributed by atoms with Crippen LogP contribution in [0.1, 0.15) is 29.0 Å². The number of hydrogen-bond acceptors (Lipinski definition) is 2. The predicted molar refractivity (Wildman–Crippen MR) is 45.3 cm³/mol. The van der Waals surface area contributed by atoms with Crippen molar-refractivity contribution in [3.05, 3.63) is 17.5 Å². The minimum absolute atomic E-state index is 0.383. The van der Waals surface area contributed by atoms with Gasteiger partial charge in [-0.05, 0) is 36.9 Å². The van der Waals surface area contributed by atoms with Gasteiger partial charge in [-0.1, -0.05) is 0 Å². The minimum atomic E-state index is -0.461. The molecule has 2 rings (SSSR count). The van der Waals surface area contributed by atoms with Gasteiger partial charge in [-0.2, -0.15) is 5.10 Å². The van der Waals surface area contributed by atoms with Gasteiger partial charge >= 0.3 is 0 Å². The Bertz CT molecular complexity index is 295. The summed E-state index contributed by atoms with van der Waals surface area (Å²) in [6.07, 6.45) is 3.34. The third kappa shape index (κ3) is 1.25. The number of fused-ring (bicyclic) bond motifs is 1. The summed E-state index contributed by atoms with van der Waals surface area (Å²) in [7, 11) is 0. The summed E-state index contributed by atoms with van der Waals surface area (Å²) in [6.45, 7) is 0.916. The topological polar surface area (TPSA) is 34.9 Å². The number of aryl methyl sites for hydroxylation is 2. The van der Waals surface area contributed by atoms with Crippen molar-refractivity contribution in [1.29, 1.82) is 0 Å². The van der Waals surface area contributed by atoms with E-state index in [2.05, 4.69) is 5.10 Å². The van der Waals surface area contributed by atoms with E-state index < -0.39 is 5.24 Å². The molecule has 1 aliphatic heterocycles. The van der Waals surface area contributed by atoms with Gasteiger partial charge in [-0.3, -0.25) is 9.48 Å². The summed E-state index contributed by atoms with van der Waals surface area (Å²) >= 11 is 5.31. The highest BCUT2D eigenvalue weighted by molar-refractivity contribution is 6.67. The predicted octanol–water partition coefficient (Wildman–Crippen LogP) is 1.60. The molecule has 1 aliphatic rings. The van der Waals surface area contributed by atoms with Crippen LogP contribution in [0.15, 0.2) is 6.07 Å². The number of carbonyl (C=O) groups excluding carboxylic acids is 1. The van der Waals surface area contributed by atoms with E-state index in [1.54, 1.807) is 6.07 Å². The van der Waals surface area contributed by atoms with Gasteiger partial charge < -0.3 is 0 Å². The molecule has 4 heteroatoms. The average molecular weight is 185 g/mol. The fraction of sp³-hybridized carbons (Fsp3) is 0.500. The molecule has 0 aromatic carbocycles. The van der Waals surface area contributed by atoms with Gasteiger partial charge in [0.25, 0.3) is 5.24 Å². The van der Waals surface area contributed by atoms with Crippen LogP contribution in [0, 0.1) is 0 Å². The molecule has 0 saturated carbocycles. The number of nitrogens with zero attached hydrogens (tertiary/aromatic N) is 2. The molecule has 0 amide bonds.